The molecule has 0 radical (unpaired) electrons. The molecule has 0 saturated carbocycles. The Morgan fingerprint density at radius 3 is 2.48 bits per heavy atom. The van der Waals surface area contributed by atoms with E-state index in [-0.39, 0.29) is 36.1 Å². The van der Waals surface area contributed by atoms with Crippen molar-refractivity contribution < 1.29 is 22.7 Å². The van der Waals surface area contributed by atoms with Crippen LogP contribution in [0.2, 0.25) is 0 Å². The number of anilines is 1. The van der Waals surface area contributed by atoms with Gasteiger partial charge in [0.25, 0.3) is 0 Å². The van der Waals surface area contributed by atoms with Crippen LogP contribution < -0.4 is 9.62 Å². The van der Waals surface area contributed by atoms with Gasteiger partial charge in [0.2, 0.25) is 21.8 Å². The zero-order valence-corrected chi connectivity index (χ0v) is 19.6. The van der Waals surface area contributed by atoms with E-state index in [0.29, 0.717) is 39.3 Å². The fraction of sp³-hybridized carbons (Fsp3) is 0.417. The van der Waals surface area contributed by atoms with Gasteiger partial charge in [-0.2, -0.15) is 0 Å². The molecule has 2 amide bonds. The Bertz CT molecular complexity index is 1140. The number of nitrogens with zero attached hydrogens (tertiary/aromatic N) is 2. The van der Waals surface area contributed by atoms with Crippen molar-refractivity contribution in [3.8, 4) is 0 Å². The molecule has 0 aliphatic carbocycles. The number of carbonyl (C=O) groups excluding carboxylic acids is 2. The number of benzene rings is 2. The molecule has 2 aliphatic heterocycles. The summed E-state index contributed by atoms with van der Waals surface area (Å²) in [6.45, 7) is 4.84. The van der Waals surface area contributed by atoms with Crippen LogP contribution in [-0.2, 0) is 37.3 Å². The Hall–Kier alpha value is -2.75. The van der Waals surface area contributed by atoms with Gasteiger partial charge < -0.3 is 14.5 Å². The maximum atomic E-state index is 12.8. The second-order valence-corrected chi connectivity index (χ2v) is 10.1. The highest BCUT2D eigenvalue weighted by Crippen LogP contribution is 2.31. The zero-order chi connectivity index (χ0) is 23.4. The first-order valence-electron chi connectivity index (χ1n) is 11.2. The second-order valence-electron chi connectivity index (χ2n) is 8.33. The number of aryl methyl sites for hydroxylation is 1. The average molecular weight is 472 g/mol. The van der Waals surface area contributed by atoms with Crippen molar-refractivity contribution in [2.24, 2.45) is 0 Å². The summed E-state index contributed by atoms with van der Waals surface area (Å²) in [6, 6.07) is 12.5. The van der Waals surface area contributed by atoms with Gasteiger partial charge >= 0.3 is 0 Å². The normalized spacial score (nSPS) is 16.0. The molecule has 0 atom stereocenters. The SMILES string of the molecule is Cc1ccccc1CNS(=O)(=O)c1ccc2c(c1)CCN2C(=O)CCC(=O)N1CCOCC1. The van der Waals surface area contributed by atoms with E-state index in [4.69, 9.17) is 4.74 Å². The summed E-state index contributed by atoms with van der Waals surface area (Å²) in [5.74, 6) is -0.157. The number of hydrogen-bond donors (Lipinski definition) is 1. The Morgan fingerprint density at radius 1 is 1.00 bits per heavy atom. The average Bonchev–Trinajstić information content (AvgIpc) is 3.26. The van der Waals surface area contributed by atoms with Crippen LogP contribution in [0.1, 0.15) is 29.5 Å². The van der Waals surface area contributed by atoms with Crippen LogP contribution in [0.25, 0.3) is 0 Å². The lowest BCUT2D eigenvalue weighted by atomic mass is 10.1. The Kier molecular flexibility index (Phi) is 7.11. The minimum absolute atomic E-state index is 0.0350. The van der Waals surface area contributed by atoms with E-state index >= 15 is 0 Å². The van der Waals surface area contributed by atoms with Crippen molar-refractivity contribution in [1.29, 1.82) is 0 Å². The van der Waals surface area contributed by atoms with Crippen molar-refractivity contribution >= 4 is 27.5 Å². The van der Waals surface area contributed by atoms with Crippen molar-refractivity contribution in [3.05, 3.63) is 59.2 Å². The monoisotopic (exact) mass is 471 g/mol. The van der Waals surface area contributed by atoms with Crippen LogP contribution in [0.3, 0.4) is 0 Å². The summed E-state index contributed by atoms with van der Waals surface area (Å²) in [6.07, 6.45) is 0.882. The molecule has 0 spiro atoms. The number of hydrogen-bond acceptors (Lipinski definition) is 5. The van der Waals surface area contributed by atoms with E-state index in [1.54, 1.807) is 21.9 Å². The van der Waals surface area contributed by atoms with Crippen LogP contribution in [-0.4, -0.2) is 58.0 Å². The predicted octanol–water partition coefficient (Wildman–Crippen LogP) is 2.00. The van der Waals surface area contributed by atoms with E-state index in [0.717, 1.165) is 22.4 Å². The highest BCUT2D eigenvalue weighted by Gasteiger charge is 2.27. The Morgan fingerprint density at radius 2 is 1.73 bits per heavy atom. The van der Waals surface area contributed by atoms with Crippen molar-refractivity contribution in [1.82, 2.24) is 9.62 Å². The highest BCUT2D eigenvalue weighted by atomic mass is 32.2. The van der Waals surface area contributed by atoms with Gasteiger partial charge in [-0.3, -0.25) is 9.59 Å². The number of nitrogens with one attached hydrogen (secondary N) is 1. The van der Waals surface area contributed by atoms with Gasteiger partial charge in [0, 0.05) is 44.7 Å². The number of fused-ring (bicyclic) bond motifs is 1. The predicted molar refractivity (Wildman–Crippen MR) is 124 cm³/mol. The number of ether oxygens (including phenoxy) is 1. The first-order chi connectivity index (χ1) is 15.8. The summed E-state index contributed by atoms with van der Waals surface area (Å²) in [5.41, 5.74) is 3.49. The lowest BCUT2D eigenvalue weighted by Gasteiger charge is -2.27. The first kappa shape index (κ1) is 23.4. The van der Waals surface area contributed by atoms with E-state index < -0.39 is 10.0 Å². The fourth-order valence-corrected chi connectivity index (χ4v) is 5.25. The molecule has 0 bridgehead atoms. The van der Waals surface area contributed by atoms with Gasteiger partial charge in [0.15, 0.2) is 0 Å². The molecule has 176 valence electrons. The minimum atomic E-state index is -3.68. The number of rotatable bonds is 7. The second kappa shape index (κ2) is 10.0. The van der Waals surface area contributed by atoms with E-state index in [1.807, 2.05) is 31.2 Å². The Labute approximate surface area is 194 Å². The molecule has 8 nitrogen and oxygen atoms in total. The third kappa shape index (κ3) is 5.43. The van der Waals surface area contributed by atoms with Crippen LogP contribution in [0, 0.1) is 6.92 Å². The fourth-order valence-electron chi connectivity index (χ4n) is 4.19. The molecule has 2 heterocycles. The minimum Gasteiger partial charge on any atom is -0.378 e. The molecule has 2 aliphatic rings. The molecule has 0 unspecified atom stereocenters. The number of carbonyl (C=O) groups is 2. The van der Waals surface area contributed by atoms with Crippen LogP contribution in [0.4, 0.5) is 5.69 Å². The summed E-state index contributed by atoms with van der Waals surface area (Å²) in [7, 11) is -3.68. The first-order valence-corrected chi connectivity index (χ1v) is 12.7. The standard InChI is InChI=1S/C24H29N3O5S/c1-18-4-2-3-5-20(18)17-25-33(30,31)21-6-7-22-19(16-21)10-11-27(22)24(29)9-8-23(28)26-12-14-32-15-13-26/h2-7,16,25H,8-15,17H2,1H3. The lowest BCUT2D eigenvalue weighted by molar-refractivity contribution is -0.136. The van der Waals surface area contributed by atoms with Crippen LogP contribution >= 0.6 is 0 Å². The molecule has 1 fully saturated rings. The van der Waals surface area contributed by atoms with Crippen molar-refractivity contribution in [3.63, 3.8) is 0 Å². The molecule has 9 heteroatoms. The smallest absolute Gasteiger partial charge is 0.240 e. The molecule has 1 saturated heterocycles. The molecule has 0 aromatic heterocycles. The zero-order valence-electron chi connectivity index (χ0n) is 18.7. The maximum absolute atomic E-state index is 12.8. The third-order valence-electron chi connectivity index (χ3n) is 6.19. The molecule has 33 heavy (non-hydrogen) atoms. The van der Waals surface area contributed by atoms with Gasteiger partial charge in [0.05, 0.1) is 18.1 Å². The van der Waals surface area contributed by atoms with Crippen LogP contribution in [0.5, 0.6) is 0 Å². The van der Waals surface area contributed by atoms with Gasteiger partial charge in [0.1, 0.15) is 0 Å². The van der Waals surface area contributed by atoms with Gasteiger partial charge in [-0.25, -0.2) is 13.1 Å². The topological polar surface area (TPSA) is 96.0 Å². The number of morpholine rings is 1. The molecule has 4 rings (SSSR count). The summed E-state index contributed by atoms with van der Waals surface area (Å²) >= 11 is 0. The van der Waals surface area contributed by atoms with Gasteiger partial charge in [-0.05, 0) is 48.2 Å². The molecule has 2 aromatic carbocycles. The number of amides is 2. The van der Waals surface area contributed by atoms with Gasteiger partial charge in [-0.1, -0.05) is 24.3 Å². The molecular formula is C24H29N3O5S. The highest BCUT2D eigenvalue weighted by molar-refractivity contribution is 7.89. The maximum Gasteiger partial charge on any atom is 0.240 e. The molecular weight excluding hydrogens is 442 g/mol. The summed E-state index contributed by atoms with van der Waals surface area (Å²) < 4.78 is 33.6. The lowest BCUT2D eigenvalue weighted by Crippen LogP contribution is -2.41. The molecule has 2 aromatic rings. The quantitative estimate of drug-likeness (QED) is 0.666. The summed E-state index contributed by atoms with van der Waals surface area (Å²) in [4.78, 5) is 28.7. The van der Waals surface area contributed by atoms with Gasteiger partial charge in [-0.15, -0.1) is 0 Å². The van der Waals surface area contributed by atoms with E-state index in [2.05, 4.69) is 4.72 Å². The Balaban J connectivity index is 1.38. The van der Waals surface area contributed by atoms with Crippen molar-refractivity contribution in [2.75, 3.05) is 37.7 Å². The largest absolute Gasteiger partial charge is 0.378 e. The number of sulfonamides is 1. The third-order valence-corrected chi connectivity index (χ3v) is 7.59. The van der Waals surface area contributed by atoms with E-state index in [1.165, 1.54) is 6.07 Å². The van der Waals surface area contributed by atoms with Crippen molar-refractivity contribution in [2.45, 2.75) is 37.6 Å². The summed E-state index contributed by atoms with van der Waals surface area (Å²) in [5, 5.41) is 0. The van der Waals surface area contributed by atoms with Crippen LogP contribution in [0.15, 0.2) is 47.4 Å². The van der Waals surface area contributed by atoms with E-state index in [9.17, 15) is 18.0 Å². The molecule has 1 N–H and O–H groups in total.